The van der Waals surface area contributed by atoms with Gasteiger partial charge in [0.1, 0.15) is 0 Å². The fraction of sp³-hybridized carbons (Fsp3) is 0.0714. The van der Waals surface area contributed by atoms with Crippen molar-refractivity contribution in [1.82, 2.24) is 0 Å². The van der Waals surface area contributed by atoms with E-state index in [1.807, 2.05) is 35.7 Å². The first-order valence-electron chi connectivity index (χ1n) is 5.32. The van der Waals surface area contributed by atoms with E-state index < -0.39 is 5.95 Å². The highest BCUT2D eigenvalue weighted by Crippen LogP contribution is 2.24. The summed E-state index contributed by atoms with van der Waals surface area (Å²) in [6.07, 6.45) is 2.56. The SMILES string of the molecule is CO/C([O-])=C\[O+]=Cc1ccccc1-c1ccsc1. The molecule has 0 saturated carbocycles. The summed E-state index contributed by atoms with van der Waals surface area (Å²) < 4.78 is 9.54. The lowest BCUT2D eigenvalue weighted by atomic mass is 10.0. The Morgan fingerprint density at radius 2 is 2.17 bits per heavy atom. The van der Waals surface area contributed by atoms with Crippen molar-refractivity contribution in [3.8, 4) is 11.1 Å². The zero-order chi connectivity index (χ0) is 12.8. The van der Waals surface area contributed by atoms with Crippen LogP contribution in [-0.2, 0) is 4.74 Å². The Morgan fingerprint density at radius 3 is 2.89 bits per heavy atom. The van der Waals surface area contributed by atoms with Gasteiger partial charge in [0.2, 0.25) is 0 Å². The predicted molar refractivity (Wildman–Crippen MR) is 70.2 cm³/mol. The summed E-state index contributed by atoms with van der Waals surface area (Å²) in [6, 6.07) is 9.87. The molecule has 0 aliphatic rings. The van der Waals surface area contributed by atoms with Crippen LogP contribution in [-0.4, -0.2) is 13.4 Å². The molecule has 0 saturated heterocycles. The molecule has 0 amide bonds. The highest BCUT2D eigenvalue weighted by molar-refractivity contribution is 7.08. The molecule has 0 N–H and O–H groups in total. The van der Waals surface area contributed by atoms with Gasteiger partial charge in [0, 0.05) is 0 Å². The average Bonchev–Trinajstić information content (AvgIpc) is 2.93. The van der Waals surface area contributed by atoms with Gasteiger partial charge in [-0.2, -0.15) is 11.3 Å². The Morgan fingerprint density at radius 1 is 1.33 bits per heavy atom. The van der Waals surface area contributed by atoms with Gasteiger partial charge in [0.05, 0.1) is 5.56 Å². The first kappa shape index (κ1) is 12.4. The van der Waals surface area contributed by atoms with Crippen LogP contribution in [0.1, 0.15) is 9.99 Å². The number of benzene rings is 1. The van der Waals surface area contributed by atoms with E-state index in [4.69, 9.17) is 4.42 Å². The molecule has 2 aromatic rings. The van der Waals surface area contributed by atoms with Crippen molar-refractivity contribution in [3.05, 3.63) is 58.9 Å². The van der Waals surface area contributed by atoms with Gasteiger partial charge in [0.15, 0.2) is 5.95 Å². The lowest BCUT2D eigenvalue weighted by molar-refractivity contribution is -0.367. The Balaban J connectivity index is 2.29. The molecule has 92 valence electrons. The molecule has 0 bridgehead atoms. The zero-order valence-corrected chi connectivity index (χ0v) is 10.6. The van der Waals surface area contributed by atoms with Crippen molar-refractivity contribution in [2.24, 2.45) is 0 Å². The largest absolute Gasteiger partial charge is 0.611 e. The van der Waals surface area contributed by atoms with Crippen LogP contribution >= 0.6 is 11.3 Å². The van der Waals surface area contributed by atoms with E-state index in [2.05, 4.69) is 10.1 Å². The lowest BCUT2D eigenvalue weighted by Gasteiger charge is -2.00. The second-order valence-corrected chi connectivity index (χ2v) is 4.27. The second-order valence-electron chi connectivity index (χ2n) is 3.49. The highest BCUT2D eigenvalue weighted by Gasteiger charge is 2.06. The van der Waals surface area contributed by atoms with E-state index in [9.17, 15) is 5.11 Å². The number of hydrogen-bond donors (Lipinski definition) is 0. The normalized spacial score (nSPS) is 11.9. The quantitative estimate of drug-likeness (QED) is 0.482. The van der Waals surface area contributed by atoms with E-state index in [-0.39, 0.29) is 0 Å². The van der Waals surface area contributed by atoms with E-state index in [1.54, 1.807) is 11.3 Å². The third kappa shape index (κ3) is 2.99. The van der Waals surface area contributed by atoms with Crippen LogP contribution in [0, 0.1) is 0 Å². The summed E-state index contributed by atoms with van der Waals surface area (Å²) in [4.78, 5) is 0. The molecule has 0 spiro atoms. The first-order chi connectivity index (χ1) is 8.81. The predicted octanol–water partition coefficient (Wildman–Crippen LogP) is 2.57. The maximum Gasteiger partial charge on any atom is 0.339 e. The van der Waals surface area contributed by atoms with Crippen LogP contribution in [0.2, 0.25) is 0 Å². The fourth-order valence-corrected chi connectivity index (χ4v) is 2.15. The molecule has 1 heterocycles. The Bertz CT molecular complexity index is 556. The minimum atomic E-state index is -0.515. The van der Waals surface area contributed by atoms with E-state index in [0.29, 0.717) is 0 Å². The van der Waals surface area contributed by atoms with Gasteiger partial charge in [-0.3, -0.25) is 0 Å². The van der Waals surface area contributed by atoms with Crippen molar-refractivity contribution < 1.29 is 14.3 Å². The minimum absolute atomic E-state index is 0.515. The highest BCUT2D eigenvalue weighted by atomic mass is 32.1. The molecule has 3 nitrogen and oxygen atoms in total. The van der Waals surface area contributed by atoms with Gasteiger partial charge >= 0.3 is 12.5 Å². The number of thiophene rings is 1. The lowest BCUT2D eigenvalue weighted by Crippen LogP contribution is -2.04. The standard InChI is InChI=1S/C14H12O3S/c1-16-14(15)9-17-8-11-4-2-3-5-13(11)12-6-7-18-10-12/h2-10H,1H3/b14-9-. The second kappa shape index (κ2) is 6.02. The van der Waals surface area contributed by atoms with Crippen LogP contribution < -0.4 is 5.11 Å². The van der Waals surface area contributed by atoms with Gasteiger partial charge < -0.3 is 9.84 Å². The van der Waals surface area contributed by atoms with Gasteiger partial charge in [-0.05, 0) is 41.1 Å². The molecule has 1 aromatic carbocycles. The first-order valence-corrected chi connectivity index (χ1v) is 6.27. The summed E-state index contributed by atoms with van der Waals surface area (Å²) in [5, 5.41) is 15.0. The van der Waals surface area contributed by atoms with Crippen LogP contribution in [0.4, 0.5) is 0 Å². The van der Waals surface area contributed by atoms with E-state index in [0.717, 1.165) is 23.0 Å². The van der Waals surface area contributed by atoms with E-state index in [1.165, 1.54) is 13.4 Å². The molecule has 1 aromatic heterocycles. The van der Waals surface area contributed by atoms with Gasteiger partial charge in [-0.1, -0.05) is 18.2 Å². The van der Waals surface area contributed by atoms with Crippen molar-refractivity contribution in [2.45, 2.75) is 0 Å². The minimum Gasteiger partial charge on any atom is -0.611 e. The molecule has 2 rings (SSSR count). The maximum atomic E-state index is 10.9. The fourth-order valence-electron chi connectivity index (χ4n) is 1.49. The maximum absolute atomic E-state index is 10.9. The molecular weight excluding hydrogens is 248 g/mol. The van der Waals surface area contributed by atoms with Crippen LogP contribution in [0.3, 0.4) is 0 Å². The topological polar surface area (TPSA) is 43.6 Å². The van der Waals surface area contributed by atoms with Crippen LogP contribution in [0.5, 0.6) is 0 Å². The molecule has 4 heteroatoms. The Kier molecular flexibility index (Phi) is 4.15. The molecule has 18 heavy (non-hydrogen) atoms. The summed E-state index contributed by atoms with van der Waals surface area (Å²) >= 11 is 1.64. The van der Waals surface area contributed by atoms with Crippen molar-refractivity contribution in [2.75, 3.05) is 7.11 Å². The molecule has 0 fully saturated rings. The average molecular weight is 260 g/mol. The molecule has 0 unspecified atom stereocenters. The molecule has 0 radical (unpaired) electrons. The van der Waals surface area contributed by atoms with Gasteiger partial charge in [-0.25, -0.2) is 4.42 Å². The number of ether oxygens (including phenoxy) is 1. The number of methoxy groups -OCH3 is 1. The van der Waals surface area contributed by atoms with E-state index >= 15 is 0 Å². The Labute approximate surface area is 109 Å². The summed E-state index contributed by atoms with van der Waals surface area (Å²) in [5.74, 6) is -0.515. The van der Waals surface area contributed by atoms with Crippen LogP contribution in [0.25, 0.3) is 11.1 Å². The molecule has 0 atom stereocenters. The van der Waals surface area contributed by atoms with Gasteiger partial charge in [-0.15, -0.1) is 0 Å². The van der Waals surface area contributed by atoms with Gasteiger partial charge in [0.25, 0.3) is 0 Å². The number of rotatable bonds is 4. The number of carbonyl (C=O) groups excluding carboxylic acids is 1. The number of aldehydes is 1. The summed E-state index contributed by atoms with van der Waals surface area (Å²) in [6.45, 7) is 0. The van der Waals surface area contributed by atoms with Crippen molar-refractivity contribution >= 4 is 17.6 Å². The molecular formula is C14H12O3S. The van der Waals surface area contributed by atoms with Crippen LogP contribution in [0.15, 0.2) is 53.3 Å². The van der Waals surface area contributed by atoms with Crippen molar-refractivity contribution in [3.63, 3.8) is 0 Å². The smallest absolute Gasteiger partial charge is 0.339 e. The third-order valence-electron chi connectivity index (χ3n) is 2.35. The zero-order valence-electron chi connectivity index (χ0n) is 9.83. The monoisotopic (exact) mass is 260 g/mol. The molecule has 0 aliphatic carbocycles. The Hall–Kier alpha value is -2.07. The molecule has 0 aliphatic heterocycles. The summed E-state index contributed by atoms with van der Waals surface area (Å²) in [5.41, 5.74) is 3.11. The van der Waals surface area contributed by atoms with Crippen molar-refractivity contribution in [1.29, 1.82) is 0 Å². The number of hydrogen-bond acceptors (Lipinski definition) is 3. The summed E-state index contributed by atoms with van der Waals surface area (Å²) in [7, 11) is 1.31. The third-order valence-corrected chi connectivity index (χ3v) is 3.04.